The fourth-order valence-electron chi connectivity index (χ4n) is 1.60. The first-order chi connectivity index (χ1) is 9.63. The molecular weight excluding hydrogens is 276 g/mol. The number of nitrogens with one attached hydrogen (secondary N) is 2. The molecule has 0 aliphatic rings. The Hall–Kier alpha value is -2.20. The standard InChI is InChI=1S/C15H15ClN2O2/c1-11(17-10-14-3-2-8-20-14)9-15(19)18-13-6-4-12(16)5-7-13/h2-9,17H,10H2,1H3,(H,18,19)/b11-9+. The van der Waals surface area contributed by atoms with Gasteiger partial charge < -0.3 is 15.1 Å². The largest absolute Gasteiger partial charge is 0.467 e. The summed E-state index contributed by atoms with van der Waals surface area (Å²) in [6.07, 6.45) is 3.11. The molecule has 0 fully saturated rings. The van der Waals surface area contributed by atoms with Gasteiger partial charge in [0.1, 0.15) is 5.76 Å². The van der Waals surface area contributed by atoms with Crippen molar-refractivity contribution in [1.82, 2.24) is 5.32 Å². The number of rotatable bonds is 5. The van der Waals surface area contributed by atoms with Crippen LogP contribution in [0.3, 0.4) is 0 Å². The van der Waals surface area contributed by atoms with Crippen molar-refractivity contribution in [2.75, 3.05) is 5.32 Å². The molecule has 4 nitrogen and oxygen atoms in total. The van der Waals surface area contributed by atoms with E-state index in [1.165, 1.54) is 6.08 Å². The fourth-order valence-corrected chi connectivity index (χ4v) is 1.72. The lowest BCUT2D eigenvalue weighted by atomic mass is 10.3. The maximum absolute atomic E-state index is 11.8. The highest BCUT2D eigenvalue weighted by atomic mass is 35.5. The molecule has 0 aliphatic heterocycles. The molecule has 2 N–H and O–H groups in total. The van der Waals surface area contributed by atoms with E-state index in [2.05, 4.69) is 10.6 Å². The van der Waals surface area contributed by atoms with E-state index >= 15 is 0 Å². The summed E-state index contributed by atoms with van der Waals surface area (Å²) in [6, 6.07) is 10.6. The van der Waals surface area contributed by atoms with Gasteiger partial charge in [-0.15, -0.1) is 0 Å². The average molecular weight is 291 g/mol. The Morgan fingerprint density at radius 2 is 2.05 bits per heavy atom. The van der Waals surface area contributed by atoms with Gasteiger partial charge in [-0.05, 0) is 43.3 Å². The number of anilines is 1. The maximum Gasteiger partial charge on any atom is 0.250 e. The molecule has 0 saturated heterocycles. The highest BCUT2D eigenvalue weighted by Gasteiger charge is 2.01. The molecule has 20 heavy (non-hydrogen) atoms. The number of hydrogen-bond donors (Lipinski definition) is 2. The molecule has 104 valence electrons. The Balaban J connectivity index is 1.85. The molecule has 1 amide bonds. The smallest absolute Gasteiger partial charge is 0.250 e. The molecule has 1 aromatic carbocycles. The van der Waals surface area contributed by atoms with Gasteiger partial charge in [0.15, 0.2) is 0 Å². The Kier molecular flexibility index (Phi) is 4.85. The van der Waals surface area contributed by atoms with E-state index in [-0.39, 0.29) is 5.91 Å². The van der Waals surface area contributed by atoms with Crippen LogP contribution in [0.25, 0.3) is 0 Å². The fraction of sp³-hybridized carbons (Fsp3) is 0.133. The molecule has 0 atom stereocenters. The predicted octanol–water partition coefficient (Wildman–Crippen LogP) is 3.57. The van der Waals surface area contributed by atoms with Crippen LogP contribution in [0.4, 0.5) is 5.69 Å². The van der Waals surface area contributed by atoms with Crippen molar-refractivity contribution in [1.29, 1.82) is 0 Å². The van der Waals surface area contributed by atoms with Crippen LogP contribution in [-0.4, -0.2) is 5.91 Å². The molecule has 1 aromatic heterocycles. The minimum Gasteiger partial charge on any atom is -0.467 e. The monoisotopic (exact) mass is 290 g/mol. The second kappa shape index (κ2) is 6.82. The highest BCUT2D eigenvalue weighted by Crippen LogP contribution is 2.13. The zero-order valence-corrected chi connectivity index (χ0v) is 11.8. The van der Waals surface area contributed by atoms with Crippen molar-refractivity contribution in [2.45, 2.75) is 13.5 Å². The Morgan fingerprint density at radius 3 is 2.70 bits per heavy atom. The summed E-state index contributed by atoms with van der Waals surface area (Å²) in [7, 11) is 0. The molecule has 0 unspecified atom stereocenters. The number of allylic oxidation sites excluding steroid dienone is 1. The first kappa shape index (κ1) is 14.2. The van der Waals surface area contributed by atoms with Crippen LogP contribution in [-0.2, 0) is 11.3 Å². The van der Waals surface area contributed by atoms with E-state index < -0.39 is 0 Å². The van der Waals surface area contributed by atoms with Gasteiger partial charge in [0.05, 0.1) is 12.8 Å². The van der Waals surface area contributed by atoms with E-state index in [9.17, 15) is 4.79 Å². The van der Waals surface area contributed by atoms with Crippen molar-refractivity contribution >= 4 is 23.2 Å². The summed E-state index contributed by atoms with van der Waals surface area (Å²) in [5.41, 5.74) is 1.46. The summed E-state index contributed by atoms with van der Waals surface area (Å²) >= 11 is 5.78. The van der Waals surface area contributed by atoms with E-state index in [0.29, 0.717) is 17.3 Å². The van der Waals surface area contributed by atoms with Gasteiger partial charge in [0.25, 0.3) is 0 Å². The van der Waals surface area contributed by atoms with E-state index in [1.807, 2.05) is 19.1 Å². The molecule has 0 aliphatic carbocycles. The van der Waals surface area contributed by atoms with Gasteiger partial charge in [0, 0.05) is 22.5 Å². The second-order valence-corrected chi connectivity index (χ2v) is 4.69. The minimum atomic E-state index is -0.197. The lowest BCUT2D eigenvalue weighted by molar-refractivity contribution is -0.112. The third-order valence-electron chi connectivity index (χ3n) is 2.58. The lowest BCUT2D eigenvalue weighted by Gasteiger charge is -2.05. The summed E-state index contributed by atoms with van der Waals surface area (Å²) in [6.45, 7) is 2.37. The molecule has 0 bridgehead atoms. The number of hydrogen-bond acceptors (Lipinski definition) is 3. The van der Waals surface area contributed by atoms with E-state index in [4.69, 9.17) is 16.0 Å². The average Bonchev–Trinajstić information content (AvgIpc) is 2.92. The van der Waals surface area contributed by atoms with E-state index in [0.717, 1.165) is 11.5 Å². The van der Waals surface area contributed by atoms with Crippen LogP contribution in [0.2, 0.25) is 5.02 Å². The van der Waals surface area contributed by atoms with Crippen molar-refractivity contribution < 1.29 is 9.21 Å². The van der Waals surface area contributed by atoms with Gasteiger partial charge in [-0.2, -0.15) is 0 Å². The van der Waals surface area contributed by atoms with Gasteiger partial charge in [0.2, 0.25) is 5.91 Å². The third-order valence-corrected chi connectivity index (χ3v) is 2.83. The van der Waals surface area contributed by atoms with E-state index in [1.54, 1.807) is 30.5 Å². The molecule has 0 saturated carbocycles. The first-order valence-electron chi connectivity index (χ1n) is 6.14. The normalized spacial score (nSPS) is 11.2. The molecule has 1 heterocycles. The molecule has 2 aromatic rings. The number of amides is 1. The second-order valence-electron chi connectivity index (χ2n) is 4.26. The molecule has 0 radical (unpaired) electrons. The van der Waals surface area contributed by atoms with Crippen molar-refractivity contribution in [2.24, 2.45) is 0 Å². The first-order valence-corrected chi connectivity index (χ1v) is 6.52. The van der Waals surface area contributed by atoms with Gasteiger partial charge in [-0.3, -0.25) is 4.79 Å². The molecular formula is C15H15ClN2O2. The molecule has 2 rings (SSSR count). The SMILES string of the molecule is C/C(=C\C(=O)Nc1ccc(Cl)cc1)NCc1ccco1. The summed E-state index contributed by atoms with van der Waals surface area (Å²) in [5, 5.41) is 6.49. The topological polar surface area (TPSA) is 54.3 Å². The predicted molar refractivity (Wildman–Crippen MR) is 79.4 cm³/mol. The Bertz CT molecular complexity index is 589. The summed E-state index contributed by atoms with van der Waals surface area (Å²) < 4.78 is 5.19. The zero-order valence-electron chi connectivity index (χ0n) is 11.0. The van der Waals surface area contributed by atoms with Gasteiger partial charge >= 0.3 is 0 Å². The number of carbonyl (C=O) groups excluding carboxylic acids is 1. The maximum atomic E-state index is 11.8. The number of carbonyl (C=O) groups is 1. The van der Waals surface area contributed by atoms with Gasteiger partial charge in [-0.25, -0.2) is 0 Å². The number of halogens is 1. The van der Waals surface area contributed by atoms with Gasteiger partial charge in [-0.1, -0.05) is 11.6 Å². The van der Waals surface area contributed by atoms with Crippen molar-refractivity contribution in [3.05, 3.63) is 65.2 Å². The molecule has 5 heteroatoms. The van der Waals surface area contributed by atoms with Crippen LogP contribution >= 0.6 is 11.6 Å². The molecule has 0 spiro atoms. The van der Waals surface area contributed by atoms with Crippen molar-refractivity contribution in [3.8, 4) is 0 Å². The zero-order chi connectivity index (χ0) is 14.4. The summed E-state index contributed by atoms with van der Waals surface area (Å²) in [4.78, 5) is 11.8. The number of benzene rings is 1. The van der Waals surface area contributed by atoms with Crippen LogP contribution in [0.5, 0.6) is 0 Å². The quantitative estimate of drug-likeness (QED) is 0.828. The van der Waals surface area contributed by atoms with Crippen LogP contribution < -0.4 is 10.6 Å². The third kappa shape index (κ3) is 4.48. The Labute approximate surface area is 122 Å². The highest BCUT2D eigenvalue weighted by molar-refractivity contribution is 6.30. The van der Waals surface area contributed by atoms with Crippen LogP contribution in [0.1, 0.15) is 12.7 Å². The Morgan fingerprint density at radius 1 is 1.30 bits per heavy atom. The van der Waals surface area contributed by atoms with Crippen molar-refractivity contribution in [3.63, 3.8) is 0 Å². The minimum absolute atomic E-state index is 0.197. The van der Waals surface area contributed by atoms with Crippen LogP contribution in [0.15, 0.2) is 58.9 Å². The lowest BCUT2D eigenvalue weighted by Crippen LogP contribution is -2.15. The van der Waals surface area contributed by atoms with Crippen LogP contribution in [0, 0.1) is 0 Å². The summed E-state index contributed by atoms with van der Waals surface area (Å²) in [5.74, 6) is 0.618. The number of furan rings is 1.